The number of fused-ring (bicyclic) bond motifs is 2. The van der Waals surface area contributed by atoms with Crippen LogP contribution in [0.25, 0.3) is 10.8 Å². The molecule has 1 aliphatic carbocycles. The second kappa shape index (κ2) is 14.3. The Morgan fingerprint density at radius 2 is 1.52 bits per heavy atom. The number of carbonyl (C=O) groups excluding carboxylic acids is 5. The molecule has 1 atom stereocenters. The molecule has 0 radical (unpaired) electrons. The predicted molar refractivity (Wildman–Crippen MR) is 204 cm³/mol. The van der Waals surface area contributed by atoms with E-state index in [1.54, 1.807) is 18.2 Å². The third-order valence-corrected chi connectivity index (χ3v) is 12.0. The van der Waals surface area contributed by atoms with E-state index >= 15 is 0 Å². The van der Waals surface area contributed by atoms with Crippen LogP contribution in [0.2, 0.25) is 5.02 Å². The highest BCUT2D eigenvalue weighted by atomic mass is 35.5. The third kappa shape index (κ3) is 6.57. The van der Waals surface area contributed by atoms with Gasteiger partial charge in [-0.1, -0.05) is 11.6 Å². The number of amides is 5. The van der Waals surface area contributed by atoms with E-state index in [2.05, 4.69) is 38.1 Å². The molecule has 13 heteroatoms. The van der Waals surface area contributed by atoms with E-state index in [1.165, 1.54) is 0 Å². The number of nitrogens with one attached hydrogen (secondary N) is 2. The van der Waals surface area contributed by atoms with Crippen molar-refractivity contribution in [2.75, 3.05) is 29.9 Å². The summed E-state index contributed by atoms with van der Waals surface area (Å²) in [5.41, 5.74) is 3.73. The first-order chi connectivity index (χ1) is 26.1. The maximum Gasteiger partial charge on any atom is 0.262 e. The summed E-state index contributed by atoms with van der Waals surface area (Å²) in [5.74, 6) is -2.09. The summed E-state index contributed by atoms with van der Waals surface area (Å²) in [5, 5.41) is 16.8. The molecule has 54 heavy (non-hydrogen) atoms. The Bertz CT molecular complexity index is 2180. The van der Waals surface area contributed by atoms with Crippen molar-refractivity contribution in [3.8, 4) is 6.07 Å². The number of nitrogens with zero attached hydrogens (tertiary/aromatic N) is 5. The van der Waals surface area contributed by atoms with E-state index in [-0.39, 0.29) is 42.0 Å². The predicted octanol–water partition coefficient (Wildman–Crippen LogP) is 5.59. The fourth-order valence-corrected chi connectivity index (χ4v) is 8.71. The molecule has 4 heterocycles. The number of rotatable bonds is 7. The molecule has 2 N–H and O–H groups in total. The van der Waals surface area contributed by atoms with Gasteiger partial charge in [-0.15, -0.1) is 0 Å². The summed E-state index contributed by atoms with van der Waals surface area (Å²) in [4.78, 5) is 69.3. The van der Waals surface area contributed by atoms with Gasteiger partial charge in [-0.05, 0) is 99.5 Å². The molecule has 3 aliphatic heterocycles. The topological polar surface area (TPSA) is 148 Å². The lowest BCUT2D eigenvalue weighted by Crippen LogP contribution is -2.54. The van der Waals surface area contributed by atoms with Crippen LogP contribution in [-0.2, 0) is 9.59 Å². The third-order valence-electron chi connectivity index (χ3n) is 11.7. The van der Waals surface area contributed by atoms with Crippen molar-refractivity contribution in [1.29, 1.82) is 5.26 Å². The van der Waals surface area contributed by atoms with Gasteiger partial charge in [0, 0.05) is 84.8 Å². The second-order valence-corrected chi connectivity index (χ2v) is 15.2. The van der Waals surface area contributed by atoms with Crippen molar-refractivity contribution in [1.82, 2.24) is 20.1 Å². The quantitative estimate of drug-likeness (QED) is 0.233. The minimum Gasteiger partial charge on any atom is -0.372 e. The van der Waals surface area contributed by atoms with E-state index < -0.39 is 29.7 Å². The van der Waals surface area contributed by atoms with Crippen molar-refractivity contribution < 1.29 is 24.0 Å². The van der Waals surface area contributed by atoms with Crippen molar-refractivity contribution in [3.63, 3.8) is 0 Å². The van der Waals surface area contributed by atoms with Crippen LogP contribution >= 0.6 is 11.6 Å². The molecule has 8 rings (SSSR count). The average Bonchev–Trinajstić information content (AvgIpc) is 3.71. The van der Waals surface area contributed by atoms with Gasteiger partial charge in [0.2, 0.25) is 11.8 Å². The Labute approximate surface area is 317 Å². The smallest absolute Gasteiger partial charge is 0.262 e. The van der Waals surface area contributed by atoms with Gasteiger partial charge in [0.1, 0.15) is 12.1 Å². The van der Waals surface area contributed by atoms with Crippen LogP contribution in [0.4, 0.5) is 11.4 Å². The summed E-state index contributed by atoms with van der Waals surface area (Å²) < 4.78 is 2.17. The zero-order chi connectivity index (χ0) is 37.7. The summed E-state index contributed by atoms with van der Waals surface area (Å²) in [6, 6.07) is 18.6. The SMILES string of the molecule is CN(c1ccc(C#N)c(Cl)c1)[C@H]1CC[C@H](NC(=O)c2ccc(N3CCC(n4cc5cc6c(cc5c4)C(=O)N(C4CCC(=O)NC4=O)C6=O)CC3)cc2)CC1. The maximum atomic E-state index is 13.3. The number of imide groups is 2. The van der Waals surface area contributed by atoms with Gasteiger partial charge in [-0.25, -0.2) is 0 Å². The summed E-state index contributed by atoms with van der Waals surface area (Å²) in [7, 11) is 2.05. The van der Waals surface area contributed by atoms with Gasteiger partial charge >= 0.3 is 0 Å². The van der Waals surface area contributed by atoms with Crippen LogP contribution in [0.1, 0.15) is 94.0 Å². The molecule has 0 spiro atoms. The van der Waals surface area contributed by atoms with Gasteiger partial charge in [0.15, 0.2) is 0 Å². The second-order valence-electron chi connectivity index (χ2n) is 14.8. The summed E-state index contributed by atoms with van der Waals surface area (Å²) in [6.45, 7) is 1.68. The highest BCUT2D eigenvalue weighted by Crippen LogP contribution is 2.35. The molecule has 3 fully saturated rings. The maximum absolute atomic E-state index is 13.3. The van der Waals surface area contributed by atoms with Gasteiger partial charge in [0.25, 0.3) is 17.7 Å². The number of piperidine rings is 2. The largest absolute Gasteiger partial charge is 0.372 e. The first-order valence-electron chi connectivity index (χ1n) is 18.5. The molecule has 1 saturated carbocycles. The Morgan fingerprint density at radius 1 is 0.870 bits per heavy atom. The van der Waals surface area contributed by atoms with Gasteiger partial charge in [-0.3, -0.25) is 34.2 Å². The minimum atomic E-state index is -0.986. The van der Waals surface area contributed by atoms with Crippen LogP contribution < -0.4 is 20.4 Å². The monoisotopic (exact) mass is 745 g/mol. The lowest BCUT2D eigenvalue weighted by molar-refractivity contribution is -0.136. The summed E-state index contributed by atoms with van der Waals surface area (Å²) >= 11 is 6.26. The zero-order valence-corrected chi connectivity index (χ0v) is 30.6. The van der Waals surface area contributed by atoms with E-state index in [4.69, 9.17) is 11.6 Å². The Morgan fingerprint density at radius 3 is 2.11 bits per heavy atom. The first-order valence-corrected chi connectivity index (χ1v) is 18.9. The van der Waals surface area contributed by atoms with Crippen molar-refractivity contribution in [3.05, 3.63) is 94.3 Å². The molecule has 4 aromatic rings. The van der Waals surface area contributed by atoms with Crippen LogP contribution in [0.15, 0.2) is 67.0 Å². The normalized spacial score (nSPS) is 21.9. The fraction of sp³-hybridized carbons (Fsp3) is 0.366. The number of halogens is 1. The Balaban J connectivity index is 0.834. The molecule has 12 nitrogen and oxygen atoms in total. The molecule has 3 aromatic carbocycles. The molecule has 1 aromatic heterocycles. The Kier molecular flexibility index (Phi) is 9.36. The fourth-order valence-electron chi connectivity index (χ4n) is 8.49. The Hall–Kier alpha value is -5.67. The number of anilines is 2. The van der Waals surface area contributed by atoms with E-state index in [1.807, 2.05) is 48.8 Å². The van der Waals surface area contributed by atoms with E-state index in [0.29, 0.717) is 22.2 Å². The molecular formula is C41H40ClN7O5. The van der Waals surface area contributed by atoms with Crippen LogP contribution in [0.5, 0.6) is 0 Å². The van der Waals surface area contributed by atoms with Crippen LogP contribution in [0.3, 0.4) is 0 Å². The highest BCUT2D eigenvalue weighted by Gasteiger charge is 2.45. The lowest BCUT2D eigenvalue weighted by Gasteiger charge is -2.36. The number of hydrogen-bond donors (Lipinski definition) is 2. The first kappa shape index (κ1) is 35.4. The number of nitriles is 1. The molecule has 5 amide bonds. The van der Waals surface area contributed by atoms with E-state index in [0.717, 1.165) is 78.7 Å². The number of benzene rings is 3. The minimum absolute atomic E-state index is 0.0614. The molecule has 276 valence electrons. The summed E-state index contributed by atoms with van der Waals surface area (Å²) in [6.07, 6.45) is 9.71. The van der Waals surface area contributed by atoms with E-state index in [9.17, 15) is 29.2 Å². The van der Waals surface area contributed by atoms with Crippen molar-refractivity contribution >= 4 is 63.3 Å². The number of aromatic nitrogens is 1. The van der Waals surface area contributed by atoms with Gasteiger partial charge in [0.05, 0.1) is 21.7 Å². The molecule has 0 bridgehead atoms. The number of carbonyl (C=O) groups is 5. The zero-order valence-electron chi connectivity index (χ0n) is 29.9. The van der Waals surface area contributed by atoms with Gasteiger partial charge < -0.3 is 19.7 Å². The van der Waals surface area contributed by atoms with Crippen molar-refractivity contribution in [2.24, 2.45) is 0 Å². The molecular weight excluding hydrogens is 706 g/mol. The number of hydrogen-bond acceptors (Lipinski definition) is 8. The molecule has 4 aliphatic rings. The molecule has 2 saturated heterocycles. The standard InChI is InChI=1S/C41H40ClN7O5/c1-46(32-9-4-25(21-43)35(42)20-32)29-10-5-28(6-11-29)44-38(51)24-2-7-30(8-3-24)47-16-14-31(15-17-47)48-22-26-18-33-34(19-27(26)23-48)41(54)49(40(33)53)36-12-13-37(50)45-39(36)52/h2-4,7-9,18-20,22-23,28-29,31,36H,5-6,10-17H2,1H3,(H,44,51)(H,45,50,52)/t28-,29-,36?. The van der Waals surface area contributed by atoms with Crippen molar-refractivity contribution in [2.45, 2.75) is 75.5 Å². The lowest BCUT2D eigenvalue weighted by atomic mass is 9.90. The van der Waals surface area contributed by atoms with Gasteiger partial charge in [-0.2, -0.15) is 5.26 Å². The average molecular weight is 746 g/mol. The van der Waals surface area contributed by atoms with Crippen LogP contribution in [-0.4, -0.2) is 77.3 Å². The van der Waals surface area contributed by atoms with Crippen LogP contribution in [0, 0.1) is 11.3 Å². The molecule has 1 unspecified atom stereocenters. The highest BCUT2D eigenvalue weighted by molar-refractivity contribution is 6.32.